The van der Waals surface area contributed by atoms with Gasteiger partial charge in [0.05, 0.1) is 12.2 Å². The number of nitrogens with zero attached hydrogens (tertiary/aromatic N) is 2. The molecule has 0 saturated heterocycles. The Balaban J connectivity index is 2.36. The lowest BCUT2D eigenvalue weighted by molar-refractivity contribution is 0.0685. The summed E-state index contributed by atoms with van der Waals surface area (Å²) < 4.78 is 2.62. The van der Waals surface area contributed by atoms with E-state index in [-0.39, 0.29) is 0 Å². The third-order valence-electron chi connectivity index (χ3n) is 2.52. The van der Waals surface area contributed by atoms with E-state index in [1.807, 2.05) is 25.3 Å². The summed E-state index contributed by atoms with van der Waals surface area (Å²) in [6, 6.07) is 5.49. The second-order valence-electron chi connectivity index (χ2n) is 3.74. The van der Waals surface area contributed by atoms with Crippen molar-refractivity contribution in [2.45, 2.75) is 13.5 Å². The van der Waals surface area contributed by atoms with Crippen molar-refractivity contribution in [1.29, 1.82) is 0 Å². The van der Waals surface area contributed by atoms with Crippen LogP contribution in [0.2, 0.25) is 0 Å². The summed E-state index contributed by atoms with van der Waals surface area (Å²) in [7, 11) is 0. The molecule has 2 aromatic rings. The van der Waals surface area contributed by atoms with Gasteiger partial charge in [-0.25, -0.2) is 4.79 Å². The zero-order chi connectivity index (χ0) is 12.4. The maximum Gasteiger partial charge on any atom is 0.352 e. The van der Waals surface area contributed by atoms with E-state index < -0.39 is 5.97 Å². The first-order chi connectivity index (χ1) is 8.08. The summed E-state index contributed by atoms with van der Waals surface area (Å²) >= 11 is 2.11. The number of carboxylic acids is 1. The number of carboxylic acid groups (broad SMARTS) is 1. The summed E-state index contributed by atoms with van der Waals surface area (Å²) in [6.07, 6.45) is 3.54. The van der Waals surface area contributed by atoms with Crippen molar-refractivity contribution >= 4 is 28.6 Å². The Morgan fingerprint density at radius 3 is 3.00 bits per heavy atom. The zero-order valence-electron chi connectivity index (χ0n) is 9.22. The predicted octanol–water partition coefficient (Wildman–Crippen LogP) is 2.54. The molecule has 17 heavy (non-hydrogen) atoms. The number of aromatic carboxylic acids is 1. The minimum absolute atomic E-state index is 0.291. The Morgan fingerprint density at radius 2 is 2.35 bits per heavy atom. The maximum atomic E-state index is 11.1. The van der Waals surface area contributed by atoms with Crippen molar-refractivity contribution in [2.24, 2.45) is 0 Å². The summed E-state index contributed by atoms with van der Waals surface area (Å²) in [6.45, 7) is 2.45. The topological polar surface area (TPSA) is 55.1 Å². The molecule has 0 spiro atoms. The van der Waals surface area contributed by atoms with Crippen LogP contribution in [-0.2, 0) is 6.54 Å². The second-order valence-corrected chi connectivity index (χ2v) is 4.99. The Hall–Kier alpha value is -1.37. The number of aryl methyl sites for hydroxylation is 1. The lowest BCUT2D eigenvalue weighted by Gasteiger charge is -2.07. The van der Waals surface area contributed by atoms with E-state index in [0.717, 1.165) is 14.8 Å². The first-order valence-electron chi connectivity index (χ1n) is 5.07. The van der Waals surface area contributed by atoms with E-state index >= 15 is 0 Å². The van der Waals surface area contributed by atoms with Crippen molar-refractivity contribution in [2.75, 3.05) is 0 Å². The van der Waals surface area contributed by atoms with Gasteiger partial charge in [0.2, 0.25) is 0 Å². The molecule has 88 valence electrons. The Labute approximate surface area is 112 Å². The number of pyridine rings is 1. The molecule has 0 amide bonds. The van der Waals surface area contributed by atoms with Crippen LogP contribution in [0, 0.1) is 10.5 Å². The highest BCUT2D eigenvalue weighted by Gasteiger charge is 2.12. The average molecular weight is 342 g/mol. The molecular weight excluding hydrogens is 331 g/mol. The van der Waals surface area contributed by atoms with Crippen LogP contribution in [0.4, 0.5) is 0 Å². The molecular formula is C12H11IN2O2. The molecule has 0 aliphatic rings. The fourth-order valence-corrected chi connectivity index (χ4v) is 2.26. The van der Waals surface area contributed by atoms with Gasteiger partial charge in [-0.1, -0.05) is 6.07 Å². The number of hydrogen-bond donors (Lipinski definition) is 1. The minimum Gasteiger partial charge on any atom is -0.477 e. The lowest BCUT2D eigenvalue weighted by atomic mass is 10.2. The van der Waals surface area contributed by atoms with Crippen LogP contribution in [0.5, 0.6) is 0 Å². The van der Waals surface area contributed by atoms with Crippen molar-refractivity contribution in [3.63, 3.8) is 0 Å². The highest BCUT2D eigenvalue weighted by Crippen LogP contribution is 2.14. The summed E-state index contributed by atoms with van der Waals surface area (Å²) in [4.78, 5) is 15.3. The van der Waals surface area contributed by atoms with E-state index in [4.69, 9.17) is 5.11 Å². The molecule has 2 aromatic heterocycles. The smallest absolute Gasteiger partial charge is 0.352 e. The fraction of sp³-hybridized carbons (Fsp3) is 0.167. The van der Waals surface area contributed by atoms with Crippen LogP contribution in [0.3, 0.4) is 0 Å². The van der Waals surface area contributed by atoms with Crippen molar-refractivity contribution in [3.05, 3.63) is 51.1 Å². The van der Waals surface area contributed by atoms with Crippen LogP contribution in [-0.4, -0.2) is 20.6 Å². The summed E-state index contributed by atoms with van der Waals surface area (Å²) in [5, 5.41) is 9.08. The van der Waals surface area contributed by atoms with Gasteiger partial charge in [-0.05, 0) is 47.2 Å². The van der Waals surface area contributed by atoms with Gasteiger partial charge in [0.25, 0.3) is 0 Å². The molecule has 0 aromatic carbocycles. The zero-order valence-corrected chi connectivity index (χ0v) is 11.4. The number of rotatable bonds is 3. The molecule has 0 aliphatic carbocycles. The van der Waals surface area contributed by atoms with Gasteiger partial charge in [-0.2, -0.15) is 0 Å². The molecule has 0 radical (unpaired) electrons. The molecule has 2 heterocycles. The van der Waals surface area contributed by atoms with Crippen LogP contribution >= 0.6 is 22.6 Å². The standard InChI is InChI=1S/C12H11IN2O2/c1-8-3-2-4-14-10(8)7-15-6-9(13)5-11(15)12(16)17/h2-6H,7H2,1H3,(H,16,17). The lowest BCUT2D eigenvalue weighted by Crippen LogP contribution is -2.10. The van der Waals surface area contributed by atoms with Crippen LogP contribution in [0.15, 0.2) is 30.6 Å². The molecule has 0 atom stereocenters. The fourth-order valence-electron chi connectivity index (χ4n) is 1.63. The number of halogens is 1. The highest BCUT2D eigenvalue weighted by molar-refractivity contribution is 14.1. The molecule has 1 N–H and O–H groups in total. The third kappa shape index (κ3) is 2.66. The van der Waals surface area contributed by atoms with E-state index in [9.17, 15) is 4.79 Å². The van der Waals surface area contributed by atoms with Gasteiger partial charge in [-0.3, -0.25) is 4.98 Å². The number of aromatic nitrogens is 2. The maximum absolute atomic E-state index is 11.1. The summed E-state index contributed by atoms with van der Waals surface area (Å²) in [5.41, 5.74) is 2.24. The first kappa shape index (κ1) is 12.1. The molecule has 0 bridgehead atoms. The second kappa shape index (κ2) is 4.87. The van der Waals surface area contributed by atoms with Gasteiger partial charge in [0, 0.05) is 16.0 Å². The molecule has 0 fully saturated rings. The van der Waals surface area contributed by atoms with Gasteiger partial charge < -0.3 is 9.67 Å². The minimum atomic E-state index is -0.915. The van der Waals surface area contributed by atoms with Gasteiger partial charge in [0.15, 0.2) is 0 Å². The van der Waals surface area contributed by atoms with Crippen molar-refractivity contribution in [1.82, 2.24) is 9.55 Å². The van der Waals surface area contributed by atoms with E-state index in [0.29, 0.717) is 12.2 Å². The quantitative estimate of drug-likeness (QED) is 0.873. The average Bonchev–Trinajstić information content (AvgIpc) is 2.63. The Kier molecular flexibility index (Phi) is 3.46. The molecule has 0 aliphatic heterocycles. The molecule has 4 nitrogen and oxygen atoms in total. The van der Waals surface area contributed by atoms with Crippen LogP contribution in [0.25, 0.3) is 0 Å². The third-order valence-corrected chi connectivity index (χ3v) is 3.11. The van der Waals surface area contributed by atoms with Crippen molar-refractivity contribution < 1.29 is 9.90 Å². The van der Waals surface area contributed by atoms with E-state index in [1.165, 1.54) is 0 Å². The van der Waals surface area contributed by atoms with Gasteiger partial charge >= 0.3 is 5.97 Å². The SMILES string of the molecule is Cc1cccnc1Cn1cc(I)cc1C(=O)O. The van der Waals surface area contributed by atoms with Crippen LogP contribution < -0.4 is 0 Å². The summed E-state index contributed by atoms with van der Waals surface area (Å²) in [5.74, 6) is -0.915. The van der Waals surface area contributed by atoms with E-state index in [1.54, 1.807) is 16.8 Å². The van der Waals surface area contributed by atoms with Crippen LogP contribution in [0.1, 0.15) is 21.7 Å². The predicted molar refractivity (Wildman–Crippen MR) is 72.2 cm³/mol. The first-order valence-corrected chi connectivity index (χ1v) is 6.15. The Bertz CT molecular complexity index is 563. The van der Waals surface area contributed by atoms with Gasteiger partial charge in [-0.15, -0.1) is 0 Å². The van der Waals surface area contributed by atoms with Gasteiger partial charge in [0.1, 0.15) is 5.69 Å². The normalized spacial score (nSPS) is 10.5. The van der Waals surface area contributed by atoms with E-state index in [2.05, 4.69) is 27.6 Å². The number of carbonyl (C=O) groups is 1. The monoisotopic (exact) mass is 342 g/mol. The molecule has 2 rings (SSSR count). The number of hydrogen-bond acceptors (Lipinski definition) is 2. The van der Waals surface area contributed by atoms with Crippen molar-refractivity contribution in [3.8, 4) is 0 Å². The molecule has 0 saturated carbocycles. The molecule has 5 heteroatoms. The Morgan fingerprint density at radius 1 is 1.59 bits per heavy atom. The largest absolute Gasteiger partial charge is 0.477 e. The molecule has 0 unspecified atom stereocenters. The highest BCUT2D eigenvalue weighted by atomic mass is 127.